The fraction of sp³-hybridized carbons (Fsp3) is 0.455. The molecule has 1 unspecified atom stereocenters. The van der Waals surface area contributed by atoms with Gasteiger partial charge in [-0.1, -0.05) is 0 Å². The minimum atomic E-state index is -4.65. The van der Waals surface area contributed by atoms with Gasteiger partial charge in [0.1, 0.15) is 17.5 Å². The van der Waals surface area contributed by atoms with E-state index in [1.165, 1.54) is 0 Å². The van der Waals surface area contributed by atoms with Crippen LogP contribution in [0.15, 0.2) is 12.2 Å². The smallest absolute Gasteiger partial charge is 0.353 e. The van der Waals surface area contributed by atoms with Gasteiger partial charge in [-0.3, -0.25) is 0 Å². The van der Waals surface area contributed by atoms with E-state index in [1.807, 2.05) is 6.92 Å². The molecule has 17 heavy (non-hydrogen) atoms. The first-order chi connectivity index (χ1) is 8.34. The lowest BCUT2D eigenvalue weighted by molar-refractivity contribution is -0.137. The summed E-state index contributed by atoms with van der Waals surface area (Å²) >= 11 is 0. The molecule has 1 aliphatic heterocycles. The molecule has 2 rings (SSSR count). The Morgan fingerprint density at radius 1 is 1.65 bits per heavy atom. The second-order valence-corrected chi connectivity index (χ2v) is 3.94. The molecule has 2 heterocycles. The number of alkyl halides is 3. The molecule has 90 valence electrons. The Hall–Kier alpha value is -1.77. The highest BCUT2D eigenvalue weighted by Crippen LogP contribution is 2.36. The maximum Gasteiger partial charge on any atom is 0.417 e. The minimum Gasteiger partial charge on any atom is -0.353 e. The van der Waals surface area contributed by atoms with Gasteiger partial charge in [-0.05, 0) is 19.4 Å². The summed E-state index contributed by atoms with van der Waals surface area (Å²) < 4.78 is 45.7. The molecule has 1 aromatic rings. The first-order valence-corrected chi connectivity index (χ1v) is 5.10. The SMILES string of the molecule is [2H]c1cc(C(F)(F)F)c(C#N)c(N2CCC2C)n1. The molecule has 1 fully saturated rings. The van der Waals surface area contributed by atoms with Crippen molar-refractivity contribution in [3.8, 4) is 6.07 Å². The maximum absolute atomic E-state index is 12.8. The van der Waals surface area contributed by atoms with Crippen molar-refractivity contribution in [1.29, 1.82) is 5.26 Å². The van der Waals surface area contributed by atoms with Crippen LogP contribution in [-0.2, 0) is 6.18 Å². The quantitative estimate of drug-likeness (QED) is 0.759. The van der Waals surface area contributed by atoms with Gasteiger partial charge in [0, 0.05) is 18.8 Å². The van der Waals surface area contributed by atoms with Gasteiger partial charge in [-0.2, -0.15) is 18.4 Å². The van der Waals surface area contributed by atoms with Gasteiger partial charge in [0.25, 0.3) is 0 Å². The Morgan fingerprint density at radius 2 is 2.35 bits per heavy atom. The zero-order valence-corrected chi connectivity index (χ0v) is 9.04. The molecule has 1 saturated heterocycles. The molecule has 0 spiro atoms. The van der Waals surface area contributed by atoms with Crippen LogP contribution >= 0.6 is 0 Å². The average molecular weight is 242 g/mol. The van der Waals surface area contributed by atoms with Crippen LogP contribution in [0.5, 0.6) is 0 Å². The van der Waals surface area contributed by atoms with Crippen molar-refractivity contribution in [1.82, 2.24) is 4.98 Å². The highest BCUT2D eigenvalue weighted by Gasteiger charge is 2.37. The van der Waals surface area contributed by atoms with Gasteiger partial charge in [0.2, 0.25) is 0 Å². The number of pyridine rings is 1. The Labute approximate surface area is 97.9 Å². The Morgan fingerprint density at radius 3 is 2.76 bits per heavy atom. The molecule has 0 saturated carbocycles. The van der Waals surface area contributed by atoms with Crippen molar-refractivity contribution < 1.29 is 14.5 Å². The van der Waals surface area contributed by atoms with Gasteiger partial charge < -0.3 is 4.90 Å². The third-order valence-electron chi connectivity index (χ3n) is 2.88. The molecule has 0 aromatic carbocycles. The molecule has 0 amide bonds. The molecule has 0 radical (unpaired) electrons. The molecule has 1 aromatic heterocycles. The summed E-state index contributed by atoms with van der Waals surface area (Å²) in [6, 6.07) is 2.20. The van der Waals surface area contributed by atoms with Crippen molar-refractivity contribution in [3.05, 3.63) is 23.4 Å². The number of halogens is 3. The number of nitrogens with zero attached hydrogens (tertiary/aromatic N) is 3. The van der Waals surface area contributed by atoms with Gasteiger partial charge >= 0.3 is 6.18 Å². The summed E-state index contributed by atoms with van der Waals surface area (Å²) in [6.45, 7) is 2.40. The molecule has 1 atom stereocenters. The predicted octanol–water partition coefficient (Wildman–Crippen LogP) is 2.57. The number of rotatable bonds is 1. The van der Waals surface area contributed by atoms with Crippen molar-refractivity contribution in [2.75, 3.05) is 11.4 Å². The van der Waals surface area contributed by atoms with E-state index in [4.69, 9.17) is 6.63 Å². The molecular formula is C11H10F3N3. The standard InChI is InChI=1S/C11H10F3N3/c1-7-3-5-17(7)10-8(6-15)9(2-4-16-10)11(12,13)14/h2,4,7H,3,5H2,1H3/i4D. The molecule has 1 aliphatic rings. The summed E-state index contributed by atoms with van der Waals surface area (Å²) in [7, 11) is 0. The molecule has 0 aliphatic carbocycles. The fourth-order valence-corrected chi connectivity index (χ4v) is 1.78. The third-order valence-corrected chi connectivity index (χ3v) is 2.88. The van der Waals surface area contributed by atoms with Crippen LogP contribution in [-0.4, -0.2) is 17.6 Å². The highest BCUT2D eigenvalue weighted by molar-refractivity contribution is 5.59. The first-order valence-electron chi connectivity index (χ1n) is 5.60. The summed E-state index contributed by atoms with van der Waals surface area (Å²) in [5.74, 6) is -0.0314. The molecule has 0 N–H and O–H groups in total. The van der Waals surface area contributed by atoms with Crippen LogP contribution in [0.1, 0.15) is 25.8 Å². The maximum atomic E-state index is 12.8. The number of hydrogen-bond donors (Lipinski definition) is 0. The third kappa shape index (κ3) is 1.93. The van der Waals surface area contributed by atoms with Crippen LogP contribution < -0.4 is 4.90 Å². The summed E-state index contributed by atoms with van der Waals surface area (Å²) in [6.07, 6.45) is -4.28. The van der Waals surface area contributed by atoms with E-state index >= 15 is 0 Å². The zero-order chi connectivity index (χ0) is 13.5. The molecule has 0 bridgehead atoms. The monoisotopic (exact) mass is 242 g/mol. The van der Waals surface area contributed by atoms with Crippen LogP contribution in [0.25, 0.3) is 0 Å². The van der Waals surface area contributed by atoms with E-state index in [0.29, 0.717) is 12.6 Å². The minimum absolute atomic E-state index is 0.0314. The van der Waals surface area contributed by atoms with Crippen molar-refractivity contribution in [2.45, 2.75) is 25.6 Å². The van der Waals surface area contributed by atoms with E-state index in [9.17, 15) is 13.2 Å². The Kier molecular flexibility index (Phi) is 2.39. The topological polar surface area (TPSA) is 39.9 Å². The van der Waals surface area contributed by atoms with Gasteiger partial charge in [0.05, 0.1) is 6.93 Å². The van der Waals surface area contributed by atoms with Crippen LogP contribution in [0.3, 0.4) is 0 Å². The average Bonchev–Trinajstić information content (AvgIpc) is 2.25. The van der Waals surface area contributed by atoms with Crippen molar-refractivity contribution >= 4 is 5.82 Å². The molecule has 6 heteroatoms. The summed E-state index contributed by atoms with van der Waals surface area (Å²) in [5.41, 5.74) is -1.58. The second kappa shape index (κ2) is 3.91. The van der Waals surface area contributed by atoms with E-state index in [-0.39, 0.29) is 11.9 Å². The van der Waals surface area contributed by atoms with Gasteiger partial charge in [-0.15, -0.1) is 0 Å². The van der Waals surface area contributed by atoms with E-state index < -0.39 is 23.5 Å². The molecular weight excluding hydrogens is 231 g/mol. The number of nitriles is 1. The number of anilines is 1. The zero-order valence-electron chi connectivity index (χ0n) is 10.0. The van der Waals surface area contributed by atoms with Gasteiger partial charge in [-0.25, -0.2) is 4.98 Å². The number of hydrogen-bond acceptors (Lipinski definition) is 3. The van der Waals surface area contributed by atoms with Crippen LogP contribution in [0.2, 0.25) is 0 Å². The highest BCUT2D eigenvalue weighted by atomic mass is 19.4. The van der Waals surface area contributed by atoms with E-state index in [2.05, 4.69) is 4.98 Å². The lowest BCUT2D eigenvalue weighted by Crippen LogP contribution is -2.46. The number of aromatic nitrogens is 1. The first kappa shape index (κ1) is 10.4. The lowest BCUT2D eigenvalue weighted by Gasteiger charge is -2.40. The molecule has 3 nitrogen and oxygen atoms in total. The lowest BCUT2D eigenvalue weighted by atomic mass is 10.0. The largest absolute Gasteiger partial charge is 0.417 e. The van der Waals surface area contributed by atoms with Crippen molar-refractivity contribution in [2.24, 2.45) is 0 Å². The summed E-state index contributed by atoms with van der Waals surface area (Å²) in [4.78, 5) is 5.38. The Balaban J connectivity index is 2.60. The van der Waals surface area contributed by atoms with Crippen molar-refractivity contribution in [3.63, 3.8) is 0 Å². The summed E-state index contributed by atoms with van der Waals surface area (Å²) in [5, 5.41) is 8.93. The van der Waals surface area contributed by atoms with Crippen LogP contribution in [0, 0.1) is 11.3 Å². The predicted molar refractivity (Wildman–Crippen MR) is 55.4 cm³/mol. The van der Waals surface area contributed by atoms with E-state index in [0.717, 1.165) is 6.42 Å². The fourth-order valence-electron chi connectivity index (χ4n) is 1.78. The normalized spacial score (nSPS) is 20.5. The van der Waals surface area contributed by atoms with Crippen LogP contribution in [0.4, 0.5) is 19.0 Å². The van der Waals surface area contributed by atoms with Gasteiger partial charge in [0.15, 0.2) is 0 Å². The Bertz CT molecular complexity index is 521. The van der Waals surface area contributed by atoms with E-state index in [1.54, 1.807) is 11.0 Å². The second-order valence-electron chi connectivity index (χ2n) is 3.94.